The number of nitrogens with one attached hydrogen (secondary N) is 1. The summed E-state index contributed by atoms with van der Waals surface area (Å²) in [6, 6.07) is 3.28. The Morgan fingerprint density at radius 1 is 1.28 bits per heavy atom. The lowest BCUT2D eigenvalue weighted by molar-refractivity contribution is 0.0304. The van der Waals surface area contributed by atoms with Crippen molar-refractivity contribution < 1.29 is 17.9 Å². The van der Waals surface area contributed by atoms with Gasteiger partial charge in [-0.25, -0.2) is 4.98 Å². The Morgan fingerprint density at radius 2 is 1.93 bits per heavy atom. The number of nitrogens with zero attached hydrogens (tertiary/aromatic N) is 4. The summed E-state index contributed by atoms with van der Waals surface area (Å²) in [5, 5.41) is 0. The average molecular weight is 424 g/mol. The van der Waals surface area contributed by atoms with E-state index in [4.69, 9.17) is 9.72 Å². The number of anilines is 1. The Labute approximate surface area is 171 Å². The second-order valence-electron chi connectivity index (χ2n) is 7.87. The van der Waals surface area contributed by atoms with Gasteiger partial charge in [-0.3, -0.25) is 9.52 Å². The first-order valence-corrected chi connectivity index (χ1v) is 11.1. The van der Waals surface area contributed by atoms with Gasteiger partial charge in [-0.05, 0) is 18.1 Å². The number of rotatable bonds is 6. The van der Waals surface area contributed by atoms with Gasteiger partial charge in [-0.2, -0.15) is 12.7 Å². The van der Waals surface area contributed by atoms with E-state index in [2.05, 4.69) is 18.6 Å². The molecule has 1 aliphatic heterocycles. The smallest absolute Gasteiger partial charge is 0.301 e. The summed E-state index contributed by atoms with van der Waals surface area (Å²) in [4.78, 5) is 19.7. The average Bonchev–Trinajstić information content (AvgIpc) is 2.95. The Hall–Kier alpha value is -2.17. The van der Waals surface area contributed by atoms with E-state index in [0.717, 1.165) is 16.6 Å². The van der Waals surface area contributed by atoms with Crippen LogP contribution in [-0.2, 0) is 28.4 Å². The molecule has 1 N–H and O–H groups in total. The fourth-order valence-corrected chi connectivity index (χ4v) is 3.94. The highest BCUT2D eigenvalue weighted by Gasteiger charge is 2.25. The summed E-state index contributed by atoms with van der Waals surface area (Å²) in [6.45, 7) is 6.21. The lowest BCUT2D eigenvalue weighted by Crippen LogP contribution is -2.40. The largest absolute Gasteiger partial charge is 0.378 e. The molecule has 9 nitrogen and oxygen atoms in total. The standard InChI is InChI=1S/C19H29N5O4S/c1-13(2)10-17-20-16-12-14(21-29(26,27)22(3)4)11-15(18(16)23(17)5)19(25)24-6-8-28-9-7-24/h11-13,21H,6-10H2,1-5H3. The molecule has 1 fully saturated rings. The van der Waals surface area contributed by atoms with Gasteiger partial charge in [0.1, 0.15) is 5.82 Å². The second kappa shape index (κ2) is 8.29. The molecule has 29 heavy (non-hydrogen) atoms. The number of hydrogen-bond acceptors (Lipinski definition) is 5. The first-order chi connectivity index (χ1) is 13.6. The van der Waals surface area contributed by atoms with Gasteiger partial charge in [0, 0.05) is 40.7 Å². The number of benzene rings is 1. The van der Waals surface area contributed by atoms with Gasteiger partial charge < -0.3 is 14.2 Å². The predicted octanol–water partition coefficient (Wildman–Crippen LogP) is 1.46. The molecular formula is C19H29N5O4S. The maximum Gasteiger partial charge on any atom is 0.301 e. The van der Waals surface area contributed by atoms with Gasteiger partial charge in [-0.15, -0.1) is 0 Å². The molecule has 1 aromatic heterocycles. The van der Waals surface area contributed by atoms with E-state index in [1.165, 1.54) is 14.1 Å². The lowest BCUT2D eigenvalue weighted by atomic mass is 10.1. The normalized spacial score (nSPS) is 15.5. The van der Waals surface area contributed by atoms with Crippen molar-refractivity contribution >= 4 is 32.8 Å². The zero-order valence-electron chi connectivity index (χ0n) is 17.6. The van der Waals surface area contributed by atoms with Crippen LogP contribution in [0.5, 0.6) is 0 Å². The molecule has 3 rings (SSSR count). The summed E-state index contributed by atoms with van der Waals surface area (Å²) < 4.78 is 35.5. The number of ether oxygens (including phenoxy) is 1. The van der Waals surface area contributed by atoms with Crippen molar-refractivity contribution in [3.63, 3.8) is 0 Å². The van der Waals surface area contributed by atoms with Crippen molar-refractivity contribution in [1.82, 2.24) is 18.8 Å². The maximum absolute atomic E-state index is 13.3. The van der Waals surface area contributed by atoms with Crippen molar-refractivity contribution in [3.05, 3.63) is 23.5 Å². The van der Waals surface area contributed by atoms with Crippen LogP contribution in [0.4, 0.5) is 5.69 Å². The minimum absolute atomic E-state index is 0.150. The number of carbonyl (C=O) groups is 1. The topological polar surface area (TPSA) is 96.8 Å². The van der Waals surface area contributed by atoms with E-state index >= 15 is 0 Å². The van der Waals surface area contributed by atoms with Crippen LogP contribution in [0.1, 0.15) is 30.0 Å². The van der Waals surface area contributed by atoms with Crippen molar-refractivity contribution in [2.75, 3.05) is 45.1 Å². The first kappa shape index (κ1) is 21.5. The Balaban J connectivity index is 2.13. The van der Waals surface area contributed by atoms with Gasteiger partial charge in [0.15, 0.2) is 0 Å². The number of aromatic nitrogens is 2. The minimum Gasteiger partial charge on any atom is -0.378 e. The van der Waals surface area contributed by atoms with Crippen LogP contribution in [-0.4, -0.2) is 73.5 Å². The predicted molar refractivity (Wildman–Crippen MR) is 112 cm³/mol. The SMILES string of the molecule is CC(C)Cc1nc2cc(NS(=O)(=O)N(C)C)cc(C(=O)N3CCOCC3)c2n1C. The third kappa shape index (κ3) is 4.54. The van der Waals surface area contributed by atoms with E-state index in [0.29, 0.717) is 54.5 Å². The van der Waals surface area contributed by atoms with Crippen LogP contribution in [0.3, 0.4) is 0 Å². The Morgan fingerprint density at radius 3 is 2.52 bits per heavy atom. The molecule has 0 bridgehead atoms. The summed E-state index contributed by atoms with van der Waals surface area (Å²) in [6.07, 6.45) is 0.759. The summed E-state index contributed by atoms with van der Waals surface area (Å²) >= 11 is 0. The third-order valence-corrected chi connectivity index (χ3v) is 6.36. The quantitative estimate of drug-likeness (QED) is 0.759. The highest BCUT2D eigenvalue weighted by atomic mass is 32.2. The van der Waals surface area contributed by atoms with Crippen LogP contribution in [0.2, 0.25) is 0 Å². The van der Waals surface area contributed by atoms with Crippen LogP contribution in [0.25, 0.3) is 11.0 Å². The van der Waals surface area contributed by atoms with E-state index in [1.54, 1.807) is 17.0 Å². The summed E-state index contributed by atoms with van der Waals surface area (Å²) in [5.41, 5.74) is 2.06. The Bertz CT molecular complexity index is 1010. The number of amides is 1. The fourth-order valence-electron chi connectivity index (χ4n) is 3.35. The van der Waals surface area contributed by atoms with Crippen LogP contribution in [0, 0.1) is 5.92 Å². The van der Waals surface area contributed by atoms with E-state index in [-0.39, 0.29) is 5.91 Å². The van der Waals surface area contributed by atoms with Crippen molar-refractivity contribution in [1.29, 1.82) is 0 Å². The van der Waals surface area contributed by atoms with Crippen molar-refractivity contribution in [3.8, 4) is 0 Å². The molecule has 2 heterocycles. The highest BCUT2D eigenvalue weighted by Crippen LogP contribution is 2.27. The molecule has 0 spiro atoms. The van der Waals surface area contributed by atoms with Gasteiger partial charge >= 0.3 is 10.2 Å². The van der Waals surface area contributed by atoms with E-state index < -0.39 is 10.2 Å². The van der Waals surface area contributed by atoms with Crippen molar-refractivity contribution in [2.24, 2.45) is 13.0 Å². The maximum atomic E-state index is 13.3. The molecule has 0 unspecified atom stereocenters. The van der Waals surface area contributed by atoms with Gasteiger partial charge in [0.25, 0.3) is 5.91 Å². The number of carbonyl (C=O) groups excluding carboxylic acids is 1. The number of aryl methyl sites for hydroxylation is 1. The summed E-state index contributed by atoms with van der Waals surface area (Å²) in [5.74, 6) is 1.11. The van der Waals surface area contributed by atoms with Gasteiger partial charge in [0.2, 0.25) is 0 Å². The molecule has 0 atom stereocenters. The monoisotopic (exact) mass is 423 g/mol. The van der Waals surface area contributed by atoms with E-state index in [1.807, 2.05) is 11.6 Å². The number of hydrogen-bond donors (Lipinski definition) is 1. The molecule has 1 amide bonds. The molecule has 1 aromatic carbocycles. The fraction of sp³-hybridized carbons (Fsp3) is 0.579. The van der Waals surface area contributed by atoms with Crippen LogP contribution < -0.4 is 4.72 Å². The number of morpholine rings is 1. The molecule has 0 aliphatic carbocycles. The number of imidazole rings is 1. The first-order valence-electron chi connectivity index (χ1n) is 9.66. The molecule has 0 saturated carbocycles. The van der Waals surface area contributed by atoms with Gasteiger partial charge in [0.05, 0.1) is 35.5 Å². The highest BCUT2D eigenvalue weighted by molar-refractivity contribution is 7.90. The molecule has 1 saturated heterocycles. The van der Waals surface area contributed by atoms with E-state index in [9.17, 15) is 13.2 Å². The van der Waals surface area contributed by atoms with Crippen molar-refractivity contribution in [2.45, 2.75) is 20.3 Å². The van der Waals surface area contributed by atoms with Crippen LogP contribution >= 0.6 is 0 Å². The zero-order valence-corrected chi connectivity index (χ0v) is 18.4. The molecule has 1 aliphatic rings. The molecular weight excluding hydrogens is 394 g/mol. The zero-order chi connectivity index (χ0) is 21.3. The summed E-state index contributed by atoms with van der Waals surface area (Å²) in [7, 11) is 1.08. The third-order valence-electron chi connectivity index (χ3n) is 4.91. The second-order valence-corrected chi connectivity index (χ2v) is 9.76. The van der Waals surface area contributed by atoms with Gasteiger partial charge in [-0.1, -0.05) is 13.8 Å². The molecule has 2 aromatic rings. The molecule has 0 radical (unpaired) electrons. The number of fused-ring (bicyclic) bond motifs is 1. The van der Waals surface area contributed by atoms with Crippen LogP contribution in [0.15, 0.2) is 12.1 Å². The lowest BCUT2D eigenvalue weighted by Gasteiger charge is -2.27. The molecule has 10 heteroatoms. The Kier molecular flexibility index (Phi) is 6.16. The molecule has 160 valence electrons. The minimum atomic E-state index is -3.71.